The van der Waals surface area contributed by atoms with E-state index >= 15 is 0 Å². The molecule has 1 aromatic heterocycles. The lowest BCUT2D eigenvalue weighted by molar-refractivity contribution is 0.350. The first-order valence-corrected chi connectivity index (χ1v) is 9.38. The predicted molar refractivity (Wildman–Crippen MR) is 89.8 cm³/mol. The molecule has 1 atom stereocenters. The summed E-state index contributed by atoms with van der Waals surface area (Å²) in [6.45, 7) is 4.79. The van der Waals surface area contributed by atoms with Gasteiger partial charge in [-0.2, -0.15) is 9.57 Å². The Balaban J connectivity index is 1.91. The van der Waals surface area contributed by atoms with Gasteiger partial charge in [-0.1, -0.05) is 0 Å². The molecule has 7 heteroatoms. The second-order valence-corrected chi connectivity index (χ2v) is 7.99. The fourth-order valence-electron chi connectivity index (χ4n) is 3.27. The minimum Gasteiger partial charge on any atom is -0.334 e. The molecule has 0 bridgehead atoms. The number of benzene rings is 1. The van der Waals surface area contributed by atoms with E-state index in [1.807, 2.05) is 23.8 Å². The largest absolute Gasteiger partial charge is 0.334 e. The second kappa shape index (κ2) is 6.38. The van der Waals surface area contributed by atoms with Crippen molar-refractivity contribution in [2.24, 2.45) is 0 Å². The van der Waals surface area contributed by atoms with E-state index < -0.39 is 10.0 Å². The number of aryl methyl sites for hydroxylation is 2. The zero-order chi connectivity index (χ0) is 17.3. The number of hydrogen-bond donors (Lipinski definition) is 0. The van der Waals surface area contributed by atoms with Gasteiger partial charge in [0.25, 0.3) is 0 Å². The van der Waals surface area contributed by atoms with Crippen molar-refractivity contribution in [1.82, 2.24) is 13.9 Å². The molecule has 2 heterocycles. The van der Waals surface area contributed by atoms with E-state index in [9.17, 15) is 8.42 Å². The van der Waals surface area contributed by atoms with Crippen molar-refractivity contribution in [1.29, 1.82) is 5.26 Å². The standard InChI is InChI=1S/C17H20N4O2S/c1-13-10-15(11-18)5-6-17(13)24(22,23)21-8-3-4-16(21)12-20-9-7-19-14(20)2/h5-7,9-10,16H,3-4,8,12H2,1-2H3. The molecular formula is C17H20N4O2S. The third kappa shape index (κ3) is 2.95. The summed E-state index contributed by atoms with van der Waals surface area (Å²) in [6, 6.07) is 6.70. The zero-order valence-corrected chi connectivity index (χ0v) is 14.6. The van der Waals surface area contributed by atoms with Crippen molar-refractivity contribution in [2.75, 3.05) is 6.54 Å². The van der Waals surface area contributed by atoms with Crippen molar-refractivity contribution < 1.29 is 8.42 Å². The highest BCUT2D eigenvalue weighted by Crippen LogP contribution is 2.29. The molecule has 0 amide bonds. The Morgan fingerprint density at radius 3 is 2.79 bits per heavy atom. The van der Waals surface area contributed by atoms with Crippen LogP contribution >= 0.6 is 0 Å². The maximum atomic E-state index is 13.1. The van der Waals surface area contributed by atoms with Crippen LogP contribution in [-0.2, 0) is 16.6 Å². The van der Waals surface area contributed by atoms with E-state index in [2.05, 4.69) is 4.98 Å². The summed E-state index contributed by atoms with van der Waals surface area (Å²) in [5, 5.41) is 8.96. The molecule has 1 aliphatic heterocycles. The van der Waals surface area contributed by atoms with Gasteiger partial charge in [-0.05, 0) is 50.5 Å². The lowest BCUT2D eigenvalue weighted by Gasteiger charge is -2.25. The normalized spacial score (nSPS) is 18.6. The van der Waals surface area contributed by atoms with Crippen LogP contribution in [0, 0.1) is 25.2 Å². The first kappa shape index (κ1) is 16.7. The maximum Gasteiger partial charge on any atom is 0.243 e. The van der Waals surface area contributed by atoms with Crippen LogP contribution in [0.4, 0.5) is 0 Å². The van der Waals surface area contributed by atoms with Crippen molar-refractivity contribution >= 4 is 10.0 Å². The van der Waals surface area contributed by atoms with E-state index in [-0.39, 0.29) is 10.9 Å². The van der Waals surface area contributed by atoms with Crippen molar-refractivity contribution in [3.63, 3.8) is 0 Å². The summed E-state index contributed by atoms with van der Waals surface area (Å²) in [5.41, 5.74) is 1.08. The van der Waals surface area contributed by atoms with Crippen molar-refractivity contribution in [3.8, 4) is 6.07 Å². The fraction of sp³-hybridized carbons (Fsp3) is 0.412. The van der Waals surface area contributed by atoms with Gasteiger partial charge in [0.15, 0.2) is 0 Å². The summed E-state index contributed by atoms with van der Waals surface area (Å²) >= 11 is 0. The molecule has 0 saturated carbocycles. The number of hydrogen-bond acceptors (Lipinski definition) is 4. The van der Waals surface area contributed by atoms with Crippen molar-refractivity contribution in [2.45, 2.75) is 44.2 Å². The summed E-state index contributed by atoms with van der Waals surface area (Å²) in [7, 11) is -3.57. The molecule has 1 fully saturated rings. The average molecular weight is 344 g/mol. The third-order valence-corrected chi connectivity index (χ3v) is 6.66. The van der Waals surface area contributed by atoms with Crippen LogP contribution in [0.15, 0.2) is 35.5 Å². The smallest absolute Gasteiger partial charge is 0.243 e. The molecule has 1 unspecified atom stereocenters. The molecule has 0 aliphatic carbocycles. The first-order valence-electron chi connectivity index (χ1n) is 7.94. The van der Waals surface area contributed by atoms with E-state index in [1.54, 1.807) is 35.6 Å². The average Bonchev–Trinajstić information content (AvgIpc) is 3.17. The first-order chi connectivity index (χ1) is 11.4. The van der Waals surface area contributed by atoms with Gasteiger partial charge in [-0.15, -0.1) is 0 Å². The topological polar surface area (TPSA) is 79.0 Å². The molecule has 0 radical (unpaired) electrons. The molecule has 6 nitrogen and oxygen atoms in total. The van der Waals surface area contributed by atoms with Gasteiger partial charge >= 0.3 is 0 Å². The van der Waals surface area contributed by atoms with Crippen LogP contribution in [0.5, 0.6) is 0 Å². The summed E-state index contributed by atoms with van der Waals surface area (Å²) in [6.07, 6.45) is 5.30. The van der Waals surface area contributed by atoms with E-state index in [0.717, 1.165) is 18.7 Å². The SMILES string of the molecule is Cc1cc(C#N)ccc1S(=O)(=O)N1CCCC1Cn1ccnc1C. The number of aromatic nitrogens is 2. The molecule has 0 spiro atoms. The maximum absolute atomic E-state index is 13.1. The predicted octanol–water partition coefficient (Wildman–Crippen LogP) is 2.22. The molecule has 1 saturated heterocycles. The molecule has 1 aliphatic rings. The van der Waals surface area contributed by atoms with E-state index in [4.69, 9.17) is 5.26 Å². The van der Waals surface area contributed by atoms with Gasteiger partial charge < -0.3 is 4.57 Å². The highest BCUT2D eigenvalue weighted by molar-refractivity contribution is 7.89. The van der Waals surface area contributed by atoms with Crippen LogP contribution < -0.4 is 0 Å². The highest BCUT2D eigenvalue weighted by atomic mass is 32.2. The van der Waals surface area contributed by atoms with E-state index in [1.165, 1.54) is 0 Å². The van der Waals surface area contributed by atoms with Crippen LogP contribution in [0.2, 0.25) is 0 Å². The molecule has 3 rings (SSSR count). The quantitative estimate of drug-likeness (QED) is 0.852. The van der Waals surface area contributed by atoms with Crippen LogP contribution in [0.3, 0.4) is 0 Å². The molecule has 2 aromatic rings. The van der Waals surface area contributed by atoms with Crippen LogP contribution in [0.1, 0.15) is 29.8 Å². The second-order valence-electron chi connectivity index (χ2n) is 6.13. The van der Waals surface area contributed by atoms with Gasteiger partial charge in [-0.3, -0.25) is 0 Å². The summed E-state index contributed by atoms with van der Waals surface area (Å²) in [5.74, 6) is 0.883. The van der Waals surface area contributed by atoms with Gasteiger partial charge in [0.05, 0.1) is 16.5 Å². The Hall–Kier alpha value is -2.17. The van der Waals surface area contributed by atoms with Crippen molar-refractivity contribution in [3.05, 3.63) is 47.5 Å². The van der Waals surface area contributed by atoms with E-state index in [0.29, 0.717) is 24.2 Å². The minimum absolute atomic E-state index is 0.0713. The van der Waals surface area contributed by atoms with Gasteiger partial charge in [0, 0.05) is 31.5 Å². The molecular weight excluding hydrogens is 324 g/mol. The number of nitriles is 1. The Bertz CT molecular complexity index is 896. The molecule has 0 N–H and O–H groups in total. The van der Waals surface area contributed by atoms with Gasteiger partial charge in [-0.25, -0.2) is 13.4 Å². The van der Waals surface area contributed by atoms with Gasteiger partial charge in [0.2, 0.25) is 10.0 Å². The van der Waals surface area contributed by atoms with Crippen LogP contribution in [-0.4, -0.2) is 34.9 Å². The van der Waals surface area contributed by atoms with Gasteiger partial charge in [0.1, 0.15) is 5.82 Å². The van der Waals surface area contributed by atoms with Crippen LogP contribution in [0.25, 0.3) is 0 Å². The summed E-state index contributed by atoms with van der Waals surface area (Å²) in [4.78, 5) is 4.49. The lowest BCUT2D eigenvalue weighted by Crippen LogP contribution is -2.38. The molecule has 126 valence electrons. The number of imidazole rings is 1. The fourth-order valence-corrected chi connectivity index (χ4v) is 5.16. The molecule has 24 heavy (non-hydrogen) atoms. The number of rotatable bonds is 4. The third-order valence-electron chi connectivity index (χ3n) is 4.54. The Kier molecular flexibility index (Phi) is 4.43. The lowest BCUT2D eigenvalue weighted by atomic mass is 10.2. The Morgan fingerprint density at radius 1 is 1.38 bits per heavy atom. The minimum atomic E-state index is -3.57. The Morgan fingerprint density at radius 2 is 2.17 bits per heavy atom. The zero-order valence-electron chi connectivity index (χ0n) is 13.8. The highest BCUT2D eigenvalue weighted by Gasteiger charge is 2.36. The summed E-state index contributed by atoms with van der Waals surface area (Å²) < 4.78 is 29.8. The molecule has 1 aromatic carbocycles. The number of sulfonamides is 1. The number of nitrogens with zero attached hydrogens (tertiary/aromatic N) is 4. The Labute approximate surface area is 142 Å². The monoisotopic (exact) mass is 344 g/mol.